The first kappa shape index (κ1) is 13.2. The summed E-state index contributed by atoms with van der Waals surface area (Å²) < 4.78 is 0. The first-order chi connectivity index (χ1) is 8.87. The zero-order valence-electron chi connectivity index (χ0n) is 10.6. The van der Waals surface area contributed by atoms with E-state index in [0.717, 1.165) is 0 Å². The second-order valence-electron chi connectivity index (χ2n) is 4.82. The first-order valence-electron chi connectivity index (χ1n) is 5.73. The van der Waals surface area contributed by atoms with Gasteiger partial charge < -0.3 is 10.4 Å². The SMILES string of the molecule is CC(C)(O)CNc1nc2cccnc2cc1[N+](=O)[O-]. The highest BCUT2D eigenvalue weighted by Gasteiger charge is 2.20. The molecule has 0 aliphatic carbocycles. The molecule has 0 bridgehead atoms. The number of nitro groups is 1. The predicted octanol–water partition coefficient (Wildman–Crippen LogP) is 1.72. The van der Waals surface area contributed by atoms with Gasteiger partial charge in [0, 0.05) is 18.8 Å². The topological polar surface area (TPSA) is 101 Å². The van der Waals surface area contributed by atoms with Gasteiger partial charge in [0.05, 0.1) is 21.6 Å². The molecule has 0 saturated carbocycles. The molecule has 0 atom stereocenters. The molecule has 0 fully saturated rings. The van der Waals surface area contributed by atoms with Gasteiger partial charge in [-0.3, -0.25) is 15.1 Å². The van der Waals surface area contributed by atoms with Crippen molar-refractivity contribution in [3.8, 4) is 0 Å². The monoisotopic (exact) mass is 262 g/mol. The lowest BCUT2D eigenvalue weighted by atomic mass is 10.1. The average molecular weight is 262 g/mol. The third-order valence-corrected chi connectivity index (χ3v) is 2.45. The number of nitrogens with zero attached hydrogens (tertiary/aromatic N) is 3. The molecular formula is C12H14N4O3. The Morgan fingerprint density at radius 3 is 2.84 bits per heavy atom. The molecule has 0 aromatic carbocycles. The second kappa shape index (κ2) is 4.77. The van der Waals surface area contributed by atoms with E-state index in [4.69, 9.17) is 0 Å². The van der Waals surface area contributed by atoms with Crippen LogP contribution in [0.4, 0.5) is 11.5 Å². The molecule has 0 radical (unpaired) electrons. The molecule has 0 amide bonds. The predicted molar refractivity (Wildman–Crippen MR) is 71.0 cm³/mol. The van der Waals surface area contributed by atoms with Crippen molar-refractivity contribution in [2.45, 2.75) is 19.4 Å². The van der Waals surface area contributed by atoms with Crippen LogP contribution in [0.2, 0.25) is 0 Å². The van der Waals surface area contributed by atoms with Crippen molar-refractivity contribution in [3.05, 3.63) is 34.5 Å². The van der Waals surface area contributed by atoms with Crippen LogP contribution in [0.1, 0.15) is 13.8 Å². The standard InChI is InChI=1S/C12H14N4O3/c1-12(2,17)7-14-11-10(16(18)19)6-9-8(15-11)4-3-5-13-9/h3-6,17H,7H2,1-2H3,(H,14,15). The van der Waals surface area contributed by atoms with Gasteiger partial charge in [-0.15, -0.1) is 0 Å². The van der Waals surface area contributed by atoms with Gasteiger partial charge in [0.2, 0.25) is 5.82 Å². The van der Waals surface area contributed by atoms with Crippen LogP contribution in [-0.4, -0.2) is 32.1 Å². The number of hydrogen-bond donors (Lipinski definition) is 2. The Bertz CT molecular complexity index is 622. The molecule has 2 N–H and O–H groups in total. The van der Waals surface area contributed by atoms with Crippen LogP contribution in [0.5, 0.6) is 0 Å². The van der Waals surface area contributed by atoms with E-state index in [1.807, 2.05) is 0 Å². The summed E-state index contributed by atoms with van der Waals surface area (Å²) in [6.45, 7) is 3.37. The van der Waals surface area contributed by atoms with Gasteiger partial charge in [-0.05, 0) is 26.0 Å². The van der Waals surface area contributed by atoms with Gasteiger partial charge in [-0.2, -0.15) is 0 Å². The van der Waals surface area contributed by atoms with Gasteiger partial charge in [-0.1, -0.05) is 0 Å². The minimum atomic E-state index is -0.987. The van der Waals surface area contributed by atoms with Crippen LogP contribution in [-0.2, 0) is 0 Å². The Morgan fingerprint density at radius 2 is 2.21 bits per heavy atom. The fraction of sp³-hybridized carbons (Fsp3) is 0.333. The van der Waals surface area contributed by atoms with Gasteiger partial charge in [0.1, 0.15) is 0 Å². The van der Waals surface area contributed by atoms with E-state index in [1.165, 1.54) is 6.07 Å². The summed E-state index contributed by atoms with van der Waals surface area (Å²) in [5.41, 5.74) is -0.121. The summed E-state index contributed by atoms with van der Waals surface area (Å²) in [6.07, 6.45) is 1.55. The van der Waals surface area contributed by atoms with Gasteiger partial charge in [0.15, 0.2) is 0 Å². The molecule has 0 spiro atoms. The number of nitrogens with one attached hydrogen (secondary N) is 1. The van der Waals surface area contributed by atoms with Crippen LogP contribution in [0.15, 0.2) is 24.4 Å². The van der Waals surface area contributed by atoms with E-state index < -0.39 is 10.5 Å². The largest absolute Gasteiger partial charge is 0.389 e. The normalized spacial score (nSPS) is 11.5. The van der Waals surface area contributed by atoms with E-state index in [1.54, 1.807) is 32.2 Å². The van der Waals surface area contributed by atoms with Crippen molar-refractivity contribution in [2.75, 3.05) is 11.9 Å². The van der Waals surface area contributed by atoms with E-state index in [9.17, 15) is 15.2 Å². The zero-order valence-corrected chi connectivity index (χ0v) is 10.6. The third kappa shape index (κ3) is 3.14. The van der Waals surface area contributed by atoms with E-state index in [-0.39, 0.29) is 18.1 Å². The molecular weight excluding hydrogens is 248 g/mol. The summed E-state index contributed by atoms with van der Waals surface area (Å²) in [5.74, 6) is 0.132. The highest BCUT2D eigenvalue weighted by molar-refractivity contribution is 5.80. The lowest BCUT2D eigenvalue weighted by molar-refractivity contribution is -0.384. The van der Waals surface area contributed by atoms with Crippen LogP contribution >= 0.6 is 0 Å². The van der Waals surface area contributed by atoms with Crippen molar-refractivity contribution in [2.24, 2.45) is 0 Å². The maximum atomic E-state index is 11.0. The van der Waals surface area contributed by atoms with Crippen molar-refractivity contribution in [1.82, 2.24) is 9.97 Å². The summed E-state index contributed by atoms with van der Waals surface area (Å²) in [5, 5.41) is 23.5. The number of hydrogen-bond acceptors (Lipinski definition) is 6. The summed E-state index contributed by atoms with van der Waals surface area (Å²) >= 11 is 0. The molecule has 7 nitrogen and oxygen atoms in total. The number of fused-ring (bicyclic) bond motifs is 1. The average Bonchev–Trinajstić information content (AvgIpc) is 2.34. The zero-order chi connectivity index (χ0) is 14.0. The van der Waals surface area contributed by atoms with Gasteiger partial charge in [-0.25, -0.2) is 4.98 Å². The Kier molecular flexibility index (Phi) is 3.30. The smallest absolute Gasteiger partial charge is 0.313 e. The van der Waals surface area contributed by atoms with Gasteiger partial charge >= 0.3 is 5.69 Å². The van der Waals surface area contributed by atoms with Crippen molar-refractivity contribution < 1.29 is 10.0 Å². The Balaban J connectivity index is 2.45. The number of anilines is 1. The Hall–Kier alpha value is -2.28. The maximum absolute atomic E-state index is 11.0. The number of rotatable bonds is 4. The number of pyridine rings is 2. The summed E-state index contributed by atoms with van der Waals surface area (Å²) in [6, 6.07) is 4.80. The first-order valence-corrected chi connectivity index (χ1v) is 5.73. The van der Waals surface area contributed by atoms with Crippen LogP contribution < -0.4 is 5.32 Å². The highest BCUT2D eigenvalue weighted by Crippen LogP contribution is 2.26. The molecule has 0 aliphatic rings. The lowest BCUT2D eigenvalue weighted by Gasteiger charge is -2.18. The van der Waals surface area contributed by atoms with E-state index in [0.29, 0.717) is 11.0 Å². The minimum absolute atomic E-state index is 0.132. The lowest BCUT2D eigenvalue weighted by Crippen LogP contribution is -2.29. The number of aliphatic hydroxyl groups is 1. The molecule has 2 aromatic heterocycles. The molecule has 2 rings (SSSR count). The molecule has 2 aromatic rings. The van der Waals surface area contributed by atoms with Crippen LogP contribution in [0.25, 0.3) is 11.0 Å². The quantitative estimate of drug-likeness (QED) is 0.642. The molecule has 100 valence electrons. The molecule has 0 saturated heterocycles. The fourth-order valence-corrected chi connectivity index (χ4v) is 1.56. The van der Waals surface area contributed by atoms with Crippen LogP contribution in [0, 0.1) is 10.1 Å². The van der Waals surface area contributed by atoms with Crippen molar-refractivity contribution in [3.63, 3.8) is 0 Å². The van der Waals surface area contributed by atoms with Gasteiger partial charge in [0.25, 0.3) is 0 Å². The second-order valence-corrected chi connectivity index (χ2v) is 4.82. The van der Waals surface area contributed by atoms with Crippen molar-refractivity contribution in [1.29, 1.82) is 0 Å². The third-order valence-electron chi connectivity index (χ3n) is 2.45. The number of aromatic nitrogens is 2. The van der Waals surface area contributed by atoms with Crippen molar-refractivity contribution >= 4 is 22.5 Å². The van der Waals surface area contributed by atoms with E-state index >= 15 is 0 Å². The Morgan fingerprint density at radius 1 is 1.47 bits per heavy atom. The Labute approximate surface area is 109 Å². The minimum Gasteiger partial charge on any atom is -0.389 e. The molecule has 0 unspecified atom stereocenters. The molecule has 19 heavy (non-hydrogen) atoms. The highest BCUT2D eigenvalue weighted by atomic mass is 16.6. The molecule has 7 heteroatoms. The van der Waals surface area contributed by atoms with Crippen LogP contribution in [0.3, 0.4) is 0 Å². The molecule has 2 heterocycles. The molecule has 0 aliphatic heterocycles. The summed E-state index contributed by atoms with van der Waals surface area (Å²) in [4.78, 5) is 18.7. The van der Waals surface area contributed by atoms with E-state index in [2.05, 4.69) is 15.3 Å². The fourth-order valence-electron chi connectivity index (χ4n) is 1.56. The maximum Gasteiger partial charge on any atom is 0.313 e. The summed E-state index contributed by atoms with van der Waals surface area (Å²) in [7, 11) is 0.